The third-order valence-electron chi connectivity index (χ3n) is 4.83. The number of benzene rings is 1. The first-order chi connectivity index (χ1) is 12.3. The maximum absolute atomic E-state index is 5.96. The molecule has 1 saturated carbocycles. The molecular formula is C19H18N4O2. The van der Waals surface area contributed by atoms with Crippen molar-refractivity contribution in [2.75, 3.05) is 6.54 Å². The number of nitrogens with two attached hydrogens (primary N) is 1. The minimum Gasteiger partial charge on any atom is -0.473 e. The van der Waals surface area contributed by atoms with Gasteiger partial charge in [0.1, 0.15) is 17.4 Å². The van der Waals surface area contributed by atoms with Gasteiger partial charge in [-0.05, 0) is 43.5 Å². The molecule has 0 aliphatic heterocycles. The largest absolute Gasteiger partial charge is 0.473 e. The molecule has 1 aromatic carbocycles. The zero-order chi connectivity index (χ0) is 16.8. The topological polar surface area (TPSA) is 78.6 Å². The number of aromatic nitrogens is 3. The third kappa shape index (κ3) is 2.46. The number of furan rings is 1. The predicted octanol–water partition coefficient (Wildman–Crippen LogP) is 3.26. The van der Waals surface area contributed by atoms with Crippen LogP contribution in [0.3, 0.4) is 0 Å². The molecule has 3 heterocycles. The van der Waals surface area contributed by atoms with Gasteiger partial charge in [-0.2, -0.15) is 0 Å². The zero-order valence-corrected chi connectivity index (χ0v) is 13.6. The lowest BCUT2D eigenvalue weighted by atomic mass is 9.82. The molecule has 6 nitrogen and oxygen atoms in total. The molecule has 0 radical (unpaired) electrons. The fourth-order valence-corrected chi connectivity index (χ4v) is 3.33. The van der Waals surface area contributed by atoms with E-state index in [0.717, 1.165) is 47.5 Å². The second kappa shape index (κ2) is 5.60. The number of nitrogens with zero attached hydrogens (tertiary/aromatic N) is 3. The molecular weight excluding hydrogens is 316 g/mol. The van der Waals surface area contributed by atoms with Crippen molar-refractivity contribution in [3.63, 3.8) is 0 Å². The lowest BCUT2D eigenvalue weighted by Gasteiger charge is -2.33. The van der Waals surface area contributed by atoms with Crippen molar-refractivity contribution < 1.29 is 9.15 Å². The Bertz CT molecular complexity index is 1010. The third-order valence-corrected chi connectivity index (χ3v) is 4.83. The van der Waals surface area contributed by atoms with E-state index < -0.39 is 0 Å². The normalized spacial score (nSPS) is 20.0. The molecule has 4 aromatic rings. The van der Waals surface area contributed by atoms with Gasteiger partial charge >= 0.3 is 0 Å². The molecule has 0 unspecified atom stereocenters. The highest BCUT2D eigenvalue weighted by Gasteiger charge is 2.30. The first-order valence-electron chi connectivity index (χ1n) is 8.50. The van der Waals surface area contributed by atoms with Gasteiger partial charge in [-0.25, -0.2) is 9.50 Å². The van der Waals surface area contributed by atoms with Gasteiger partial charge in [0.25, 0.3) is 0 Å². The molecule has 0 spiro atoms. The van der Waals surface area contributed by atoms with E-state index in [4.69, 9.17) is 14.9 Å². The summed E-state index contributed by atoms with van der Waals surface area (Å²) in [6, 6.07) is 13.7. The lowest BCUT2D eigenvalue weighted by molar-refractivity contribution is 0.0638. The smallest absolute Gasteiger partial charge is 0.232 e. The summed E-state index contributed by atoms with van der Waals surface area (Å²) in [6.07, 6.45) is 3.97. The predicted molar refractivity (Wildman–Crippen MR) is 94.4 cm³/mol. The standard InChI is InChI=1S/C19H18N4O2/c20-10-12-7-14(8-12)24-19-6-5-18-21-11-15(23(18)22-19)17-9-13-3-1-2-4-16(13)25-17/h1-6,9,11-12,14H,7-8,10,20H2/t12-,14-. The summed E-state index contributed by atoms with van der Waals surface area (Å²) in [7, 11) is 0. The molecule has 2 N–H and O–H groups in total. The van der Waals surface area contributed by atoms with E-state index in [1.54, 1.807) is 10.7 Å². The molecule has 0 bridgehead atoms. The van der Waals surface area contributed by atoms with Crippen LogP contribution in [0.25, 0.3) is 28.1 Å². The highest BCUT2D eigenvalue weighted by atomic mass is 16.5. The van der Waals surface area contributed by atoms with Crippen LogP contribution in [0.2, 0.25) is 0 Å². The minimum atomic E-state index is 0.205. The highest BCUT2D eigenvalue weighted by molar-refractivity contribution is 5.82. The number of imidazole rings is 1. The first kappa shape index (κ1) is 14.5. The second-order valence-corrected chi connectivity index (χ2v) is 6.55. The van der Waals surface area contributed by atoms with Crippen LogP contribution in [-0.2, 0) is 0 Å². The Morgan fingerprint density at radius 2 is 2.08 bits per heavy atom. The summed E-state index contributed by atoms with van der Waals surface area (Å²) in [5.74, 6) is 1.92. The zero-order valence-electron chi connectivity index (χ0n) is 13.6. The quantitative estimate of drug-likeness (QED) is 0.620. The molecule has 25 heavy (non-hydrogen) atoms. The van der Waals surface area contributed by atoms with Crippen molar-refractivity contribution >= 4 is 16.6 Å². The van der Waals surface area contributed by atoms with Crippen molar-refractivity contribution in [1.29, 1.82) is 0 Å². The molecule has 3 aromatic heterocycles. The maximum atomic E-state index is 5.96. The summed E-state index contributed by atoms with van der Waals surface area (Å²) < 4.78 is 13.7. The number of para-hydroxylation sites is 1. The number of hydrogen-bond acceptors (Lipinski definition) is 5. The number of hydrogen-bond donors (Lipinski definition) is 1. The summed E-state index contributed by atoms with van der Waals surface area (Å²) >= 11 is 0. The monoisotopic (exact) mass is 334 g/mol. The Hall–Kier alpha value is -2.86. The molecule has 0 atom stereocenters. The van der Waals surface area contributed by atoms with Crippen molar-refractivity contribution in [3.8, 4) is 17.3 Å². The van der Waals surface area contributed by atoms with Gasteiger partial charge in [0.05, 0.1) is 6.20 Å². The average Bonchev–Trinajstić information content (AvgIpc) is 3.20. The van der Waals surface area contributed by atoms with Crippen molar-refractivity contribution in [2.45, 2.75) is 18.9 Å². The second-order valence-electron chi connectivity index (χ2n) is 6.55. The summed E-state index contributed by atoms with van der Waals surface area (Å²) in [6.45, 7) is 0.726. The fraction of sp³-hybridized carbons (Fsp3) is 0.263. The van der Waals surface area contributed by atoms with Crippen molar-refractivity contribution in [1.82, 2.24) is 14.6 Å². The van der Waals surface area contributed by atoms with E-state index in [-0.39, 0.29) is 6.10 Å². The summed E-state index contributed by atoms with van der Waals surface area (Å²) in [4.78, 5) is 4.41. The van der Waals surface area contributed by atoms with Gasteiger partial charge in [-0.3, -0.25) is 0 Å². The van der Waals surface area contributed by atoms with Gasteiger partial charge in [0, 0.05) is 11.5 Å². The van der Waals surface area contributed by atoms with Crippen molar-refractivity contribution in [3.05, 3.63) is 48.7 Å². The van der Waals surface area contributed by atoms with Crippen LogP contribution in [-0.4, -0.2) is 27.2 Å². The molecule has 6 heteroatoms. The first-order valence-corrected chi connectivity index (χ1v) is 8.50. The van der Waals surface area contributed by atoms with Gasteiger partial charge in [-0.15, -0.1) is 5.10 Å². The fourth-order valence-electron chi connectivity index (χ4n) is 3.33. The molecule has 5 rings (SSSR count). The van der Waals surface area contributed by atoms with E-state index in [1.165, 1.54) is 0 Å². The van der Waals surface area contributed by atoms with Crippen molar-refractivity contribution in [2.24, 2.45) is 11.7 Å². The molecule has 1 aliphatic rings. The molecule has 0 amide bonds. The van der Waals surface area contributed by atoms with Crippen LogP contribution < -0.4 is 10.5 Å². The van der Waals surface area contributed by atoms with E-state index in [2.05, 4.69) is 10.1 Å². The van der Waals surface area contributed by atoms with Crippen LogP contribution in [0, 0.1) is 5.92 Å². The Morgan fingerprint density at radius 3 is 2.92 bits per heavy atom. The Kier molecular flexibility index (Phi) is 3.24. The SMILES string of the molecule is NC[C@H]1C[C@H](Oc2ccc3ncc(-c4cc5ccccc5o4)n3n2)C1. The molecule has 1 aliphatic carbocycles. The van der Waals surface area contributed by atoms with Gasteiger partial charge < -0.3 is 14.9 Å². The van der Waals surface area contributed by atoms with E-state index >= 15 is 0 Å². The van der Waals surface area contributed by atoms with E-state index in [9.17, 15) is 0 Å². The molecule has 1 fully saturated rings. The van der Waals surface area contributed by atoms with Crippen LogP contribution in [0.1, 0.15) is 12.8 Å². The van der Waals surface area contributed by atoms with Crippen LogP contribution in [0.5, 0.6) is 5.88 Å². The Morgan fingerprint density at radius 1 is 1.20 bits per heavy atom. The van der Waals surface area contributed by atoms with Gasteiger partial charge in [0.15, 0.2) is 11.4 Å². The summed E-state index contributed by atoms with van der Waals surface area (Å²) in [5, 5.41) is 5.65. The minimum absolute atomic E-state index is 0.205. The van der Waals surface area contributed by atoms with E-state index in [0.29, 0.717) is 11.8 Å². The van der Waals surface area contributed by atoms with Crippen LogP contribution in [0.4, 0.5) is 0 Å². The Labute approximate surface area is 144 Å². The molecule has 126 valence electrons. The number of ether oxygens (including phenoxy) is 1. The van der Waals surface area contributed by atoms with Gasteiger partial charge in [0.2, 0.25) is 5.88 Å². The highest BCUT2D eigenvalue weighted by Crippen LogP contribution is 2.31. The van der Waals surface area contributed by atoms with E-state index in [1.807, 2.05) is 42.5 Å². The number of rotatable bonds is 4. The molecule has 0 saturated heterocycles. The van der Waals surface area contributed by atoms with Crippen LogP contribution >= 0.6 is 0 Å². The summed E-state index contributed by atoms with van der Waals surface area (Å²) in [5.41, 5.74) is 8.09. The Balaban J connectivity index is 1.49. The average molecular weight is 334 g/mol. The van der Waals surface area contributed by atoms with Gasteiger partial charge in [-0.1, -0.05) is 18.2 Å². The lowest BCUT2D eigenvalue weighted by Crippen LogP contribution is -2.38. The maximum Gasteiger partial charge on any atom is 0.232 e. The number of fused-ring (bicyclic) bond motifs is 2. The van der Waals surface area contributed by atoms with Crippen LogP contribution in [0.15, 0.2) is 53.1 Å².